The summed E-state index contributed by atoms with van der Waals surface area (Å²) in [4.78, 5) is 11.3. The molecule has 0 saturated heterocycles. The van der Waals surface area contributed by atoms with Crippen LogP contribution >= 0.6 is 0 Å². The molecule has 0 bridgehead atoms. The van der Waals surface area contributed by atoms with E-state index in [4.69, 9.17) is 0 Å². The van der Waals surface area contributed by atoms with Gasteiger partial charge in [-0.1, -0.05) is 0 Å². The number of hydrogen-bond donors (Lipinski definition) is 2. The second kappa shape index (κ2) is 4.70. The summed E-state index contributed by atoms with van der Waals surface area (Å²) in [5.74, 6) is 0.798. The quantitative estimate of drug-likeness (QED) is 0.726. The van der Waals surface area contributed by atoms with Crippen molar-refractivity contribution in [3.05, 3.63) is 55.0 Å². The van der Waals surface area contributed by atoms with Crippen LogP contribution in [-0.2, 0) is 6.54 Å². The number of aromatic amines is 1. The Balaban J connectivity index is 1.68. The second-order valence-electron chi connectivity index (χ2n) is 3.79. The lowest BCUT2D eigenvalue weighted by molar-refractivity contribution is 0.847. The molecule has 0 saturated carbocycles. The Hall–Kier alpha value is -2.63. The van der Waals surface area contributed by atoms with Crippen molar-refractivity contribution in [3.8, 4) is 5.82 Å². The first-order chi connectivity index (χ1) is 8.92. The summed E-state index contributed by atoms with van der Waals surface area (Å²) in [6.07, 6.45) is 8.83. The Bertz CT molecular complexity index is 582. The van der Waals surface area contributed by atoms with Gasteiger partial charge in [0, 0.05) is 18.6 Å². The Morgan fingerprint density at radius 3 is 2.94 bits per heavy atom. The van der Waals surface area contributed by atoms with Crippen LogP contribution < -0.4 is 5.32 Å². The minimum absolute atomic E-state index is 0.697. The highest BCUT2D eigenvalue weighted by molar-refractivity contribution is 5.43. The molecule has 3 aromatic heterocycles. The maximum Gasteiger partial charge on any atom is 0.153 e. The van der Waals surface area contributed by atoms with E-state index in [1.807, 2.05) is 24.4 Å². The number of imidazole rings is 1. The summed E-state index contributed by atoms with van der Waals surface area (Å²) in [6, 6.07) is 5.76. The summed E-state index contributed by atoms with van der Waals surface area (Å²) in [5.41, 5.74) is 1.99. The van der Waals surface area contributed by atoms with Crippen molar-refractivity contribution in [1.29, 1.82) is 0 Å². The van der Waals surface area contributed by atoms with E-state index in [9.17, 15) is 0 Å². The van der Waals surface area contributed by atoms with E-state index in [-0.39, 0.29) is 0 Å². The summed E-state index contributed by atoms with van der Waals surface area (Å²) >= 11 is 0. The van der Waals surface area contributed by atoms with Gasteiger partial charge in [0.15, 0.2) is 5.82 Å². The molecule has 3 heterocycles. The predicted molar refractivity (Wildman–Crippen MR) is 67.3 cm³/mol. The lowest BCUT2D eigenvalue weighted by Gasteiger charge is -2.05. The third-order valence-electron chi connectivity index (χ3n) is 2.52. The Kier molecular flexibility index (Phi) is 2.75. The normalized spacial score (nSPS) is 10.4. The zero-order valence-electron chi connectivity index (χ0n) is 9.61. The van der Waals surface area contributed by atoms with E-state index in [1.165, 1.54) is 0 Å². The van der Waals surface area contributed by atoms with Gasteiger partial charge < -0.3 is 10.3 Å². The number of pyridine rings is 1. The minimum atomic E-state index is 0.697. The fourth-order valence-corrected chi connectivity index (χ4v) is 1.61. The molecular weight excluding hydrogens is 228 g/mol. The third kappa shape index (κ3) is 2.22. The standard InChI is InChI=1S/C12H12N6/c1-4-17-18(5-1)12-3-2-10(7-15-12)14-8-11-6-13-9-16-11/h1-7,9,14H,8H2,(H,13,16). The van der Waals surface area contributed by atoms with E-state index in [1.54, 1.807) is 29.6 Å². The fraction of sp³-hybridized carbons (Fsp3) is 0.0833. The van der Waals surface area contributed by atoms with Crippen LogP contribution in [0.3, 0.4) is 0 Å². The molecule has 0 radical (unpaired) electrons. The van der Waals surface area contributed by atoms with Gasteiger partial charge in [0.05, 0.1) is 30.5 Å². The lowest BCUT2D eigenvalue weighted by Crippen LogP contribution is -2.02. The van der Waals surface area contributed by atoms with Gasteiger partial charge >= 0.3 is 0 Å². The molecule has 0 spiro atoms. The molecule has 90 valence electrons. The topological polar surface area (TPSA) is 71.4 Å². The van der Waals surface area contributed by atoms with Crippen LogP contribution in [0.15, 0.2) is 49.3 Å². The molecule has 0 amide bonds. The Morgan fingerprint density at radius 2 is 2.28 bits per heavy atom. The first-order valence-electron chi connectivity index (χ1n) is 5.59. The number of rotatable bonds is 4. The van der Waals surface area contributed by atoms with Gasteiger partial charge in [-0.15, -0.1) is 0 Å². The summed E-state index contributed by atoms with van der Waals surface area (Å²) in [6.45, 7) is 0.697. The highest BCUT2D eigenvalue weighted by Crippen LogP contribution is 2.09. The monoisotopic (exact) mass is 240 g/mol. The number of H-pyrrole nitrogens is 1. The molecular formula is C12H12N6. The van der Waals surface area contributed by atoms with Crippen molar-refractivity contribution in [2.45, 2.75) is 6.54 Å². The van der Waals surface area contributed by atoms with Crippen molar-refractivity contribution in [2.24, 2.45) is 0 Å². The van der Waals surface area contributed by atoms with E-state index in [0.29, 0.717) is 6.54 Å². The molecule has 0 aromatic carbocycles. The molecule has 0 atom stereocenters. The van der Waals surface area contributed by atoms with Gasteiger partial charge in [-0.25, -0.2) is 14.6 Å². The molecule has 0 aliphatic heterocycles. The van der Waals surface area contributed by atoms with Crippen LogP contribution in [0.4, 0.5) is 5.69 Å². The molecule has 3 aromatic rings. The number of aromatic nitrogens is 5. The third-order valence-corrected chi connectivity index (χ3v) is 2.52. The van der Waals surface area contributed by atoms with E-state index < -0.39 is 0 Å². The van der Waals surface area contributed by atoms with Crippen LogP contribution in [-0.4, -0.2) is 24.7 Å². The molecule has 0 fully saturated rings. The van der Waals surface area contributed by atoms with Crippen LogP contribution in [0.25, 0.3) is 5.82 Å². The van der Waals surface area contributed by atoms with Crippen LogP contribution in [0.5, 0.6) is 0 Å². The fourth-order valence-electron chi connectivity index (χ4n) is 1.61. The summed E-state index contributed by atoms with van der Waals surface area (Å²) in [5, 5.41) is 7.38. The van der Waals surface area contributed by atoms with Gasteiger partial charge in [0.2, 0.25) is 0 Å². The van der Waals surface area contributed by atoms with Gasteiger partial charge in [0.1, 0.15) is 0 Å². The largest absolute Gasteiger partial charge is 0.378 e. The van der Waals surface area contributed by atoms with Crippen molar-refractivity contribution in [2.75, 3.05) is 5.32 Å². The number of anilines is 1. The van der Waals surface area contributed by atoms with Gasteiger partial charge in [-0.05, 0) is 18.2 Å². The van der Waals surface area contributed by atoms with Gasteiger partial charge in [-0.3, -0.25) is 0 Å². The van der Waals surface area contributed by atoms with Crippen molar-refractivity contribution < 1.29 is 0 Å². The van der Waals surface area contributed by atoms with Gasteiger partial charge in [0.25, 0.3) is 0 Å². The van der Waals surface area contributed by atoms with E-state index in [0.717, 1.165) is 17.2 Å². The lowest BCUT2D eigenvalue weighted by atomic mass is 10.4. The maximum absolute atomic E-state index is 4.33. The molecule has 6 heteroatoms. The van der Waals surface area contributed by atoms with Crippen molar-refractivity contribution in [1.82, 2.24) is 24.7 Å². The highest BCUT2D eigenvalue weighted by atomic mass is 15.3. The molecule has 0 aliphatic rings. The first-order valence-corrected chi connectivity index (χ1v) is 5.59. The van der Waals surface area contributed by atoms with Crippen LogP contribution in [0.1, 0.15) is 5.69 Å². The molecule has 18 heavy (non-hydrogen) atoms. The molecule has 3 rings (SSSR count). The zero-order valence-corrected chi connectivity index (χ0v) is 9.61. The highest BCUT2D eigenvalue weighted by Gasteiger charge is 1.99. The Labute approximate surface area is 104 Å². The Morgan fingerprint density at radius 1 is 1.28 bits per heavy atom. The van der Waals surface area contributed by atoms with Crippen molar-refractivity contribution >= 4 is 5.69 Å². The minimum Gasteiger partial charge on any atom is -0.378 e. The summed E-state index contributed by atoms with van der Waals surface area (Å²) in [7, 11) is 0. The van der Waals surface area contributed by atoms with Crippen molar-refractivity contribution in [3.63, 3.8) is 0 Å². The average molecular weight is 240 g/mol. The summed E-state index contributed by atoms with van der Waals surface area (Å²) < 4.78 is 1.72. The first kappa shape index (κ1) is 10.5. The number of hydrogen-bond acceptors (Lipinski definition) is 4. The van der Waals surface area contributed by atoms with Gasteiger partial charge in [-0.2, -0.15) is 5.10 Å². The second-order valence-corrected chi connectivity index (χ2v) is 3.79. The number of nitrogens with one attached hydrogen (secondary N) is 2. The smallest absolute Gasteiger partial charge is 0.153 e. The molecule has 0 aliphatic carbocycles. The molecule has 2 N–H and O–H groups in total. The van der Waals surface area contributed by atoms with Crippen LogP contribution in [0.2, 0.25) is 0 Å². The van der Waals surface area contributed by atoms with E-state index in [2.05, 4.69) is 25.4 Å². The average Bonchev–Trinajstić information content (AvgIpc) is 3.10. The SMILES string of the molecule is c1cnn(-c2ccc(NCc3cnc[nH]3)cn2)c1. The van der Waals surface area contributed by atoms with E-state index >= 15 is 0 Å². The maximum atomic E-state index is 4.33. The van der Waals surface area contributed by atoms with Crippen LogP contribution in [0, 0.1) is 0 Å². The molecule has 0 unspecified atom stereocenters. The molecule has 6 nitrogen and oxygen atoms in total. The number of nitrogens with zero attached hydrogens (tertiary/aromatic N) is 4. The predicted octanol–water partition coefficient (Wildman–Crippen LogP) is 1.60. The zero-order chi connectivity index (χ0) is 12.2.